The Morgan fingerprint density at radius 1 is 1.24 bits per heavy atom. The SMILES string of the molecule is Cc1ccc(OCc2ccc(C(=O)Nc3c(C#N)cnn3-c3ccccc3)o2)c([N+](=O)[O-])c1. The Hall–Kier alpha value is -4.91. The first-order valence-corrected chi connectivity index (χ1v) is 9.77. The number of nitro benzene ring substituents is 1. The van der Waals surface area contributed by atoms with E-state index < -0.39 is 10.8 Å². The largest absolute Gasteiger partial charge is 0.479 e. The lowest BCUT2D eigenvalue weighted by atomic mass is 10.2. The van der Waals surface area contributed by atoms with Crippen LogP contribution in [0.1, 0.15) is 27.4 Å². The highest BCUT2D eigenvalue weighted by molar-refractivity contribution is 6.02. The van der Waals surface area contributed by atoms with Gasteiger partial charge in [0.1, 0.15) is 24.0 Å². The van der Waals surface area contributed by atoms with Crippen LogP contribution in [0.3, 0.4) is 0 Å². The van der Waals surface area contributed by atoms with Gasteiger partial charge in [-0.2, -0.15) is 10.4 Å². The number of hydrogen-bond acceptors (Lipinski definition) is 7. The Morgan fingerprint density at radius 2 is 2.03 bits per heavy atom. The van der Waals surface area contributed by atoms with E-state index in [1.54, 1.807) is 25.1 Å². The summed E-state index contributed by atoms with van der Waals surface area (Å²) in [5, 5.41) is 27.4. The summed E-state index contributed by atoms with van der Waals surface area (Å²) in [6.07, 6.45) is 1.36. The van der Waals surface area contributed by atoms with Crippen LogP contribution >= 0.6 is 0 Å². The number of benzene rings is 2. The van der Waals surface area contributed by atoms with Crippen LogP contribution in [0.15, 0.2) is 71.3 Å². The Morgan fingerprint density at radius 3 is 2.76 bits per heavy atom. The number of nitriles is 1. The van der Waals surface area contributed by atoms with E-state index in [1.165, 1.54) is 35.1 Å². The quantitative estimate of drug-likeness (QED) is 0.330. The molecule has 164 valence electrons. The van der Waals surface area contributed by atoms with Gasteiger partial charge in [-0.1, -0.05) is 24.3 Å². The van der Waals surface area contributed by atoms with E-state index in [0.29, 0.717) is 11.4 Å². The van der Waals surface area contributed by atoms with Gasteiger partial charge < -0.3 is 14.5 Å². The molecule has 10 nitrogen and oxygen atoms in total. The van der Waals surface area contributed by atoms with Gasteiger partial charge in [0.05, 0.1) is 16.8 Å². The highest BCUT2D eigenvalue weighted by atomic mass is 16.6. The first-order chi connectivity index (χ1) is 16.0. The van der Waals surface area contributed by atoms with Crippen LogP contribution in [-0.2, 0) is 6.61 Å². The third kappa shape index (κ3) is 4.57. The standard InChI is InChI=1S/C23H17N5O5/c1-15-7-9-20(19(11-15)28(30)31)32-14-18-8-10-21(33-18)23(29)26-22-16(12-24)13-25-27(22)17-5-3-2-4-6-17/h2-11,13H,14H2,1H3,(H,26,29). The number of ether oxygens (including phenoxy) is 1. The van der Waals surface area contributed by atoms with Gasteiger partial charge in [-0.3, -0.25) is 14.9 Å². The maximum Gasteiger partial charge on any atom is 0.311 e. The second kappa shape index (κ2) is 9.07. The number of nitro groups is 1. The summed E-state index contributed by atoms with van der Waals surface area (Å²) < 4.78 is 12.5. The molecule has 2 heterocycles. The Bertz CT molecular complexity index is 1370. The predicted octanol–water partition coefficient (Wildman–Crippen LogP) is 4.38. The molecule has 0 spiro atoms. The number of carbonyl (C=O) groups excluding carboxylic acids is 1. The zero-order valence-electron chi connectivity index (χ0n) is 17.4. The van der Waals surface area contributed by atoms with Crippen molar-refractivity contribution in [1.29, 1.82) is 5.26 Å². The number of carbonyl (C=O) groups is 1. The monoisotopic (exact) mass is 443 g/mol. The molecule has 2 aromatic carbocycles. The van der Waals surface area contributed by atoms with E-state index in [1.807, 2.05) is 24.3 Å². The minimum absolute atomic E-state index is 0.0169. The van der Waals surface area contributed by atoms with Crippen LogP contribution in [0.2, 0.25) is 0 Å². The number of aryl methyl sites for hydroxylation is 1. The normalized spacial score (nSPS) is 10.4. The van der Waals surface area contributed by atoms with Crippen molar-refractivity contribution in [1.82, 2.24) is 9.78 Å². The lowest BCUT2D eigenvalue weighted by Gasteiger charge is -2.08. The summed E-state index contributed by atoms with van der Waals surface area (Å²) in [5.74, 6) is -0.00263. The van der Waals surface area contributed by atoms with E-state index in [0.717, 1.165) is 5.56 Å². The molecule has 0 atom stereocenters. The van der Waals surface area contributed by atoms with Gasteiger partial charge in [0, 0.05) is 6.07 Å². The molecule has 0 aliphatic rings. The van der Waals surface area contributed by atoms with Crippen LogP contribution in [-0.4, -0.2) is 20.6 Å². The summed E-state index contributed by atoms with van der Waals surface area (Å²) >= 11 is 0. The first kappa shape index (κ1) is 21.3. The molecule has 0 saturated heterocycles. The summed E-state index contributed by atoms with van der Waals surface area (Å²) in [6, 6.07) is 18.7. The minimum atomic E-state index is -0.586. The summed E-state index contributed by atoms with van der Waals surface area (Å²) in [7, 11) is 0. The second-order valence-corrected chi connectivity index (χ2v) is 7.00. The number of anilines is 1. The molecule has 0 aliphatic heterocycles. The fraction of sp³-hybridized carbons (Fsp3) is 0.0870. The zero-order valence-corrected chi connectivity index (χ0v) is 17.4. The average Bonchev–Trinajstić information content (AvgIpc) is 3.46. The van der Waals surface area contributed by atoms with Crippen LogP contribution in [0.25, 0.3) is 5.69 Å². The maximum absolute atomic E-state index is 12.7. The number of aromatic nitrogens is 2. The molecule has 1 amide bonds. The van der Waals surface area contributed by atoms with Crippen molar-refractivity contribution in [2.45, 2.75) is 13.5 Å². The number of nitrogens with one attached hydrogen (secondary N) is 1. The number of para-hydroxylation sites is 1. The molecule has 10 heteroatoms. The number of hydrogen-bond donors (Lipinski definition) is 1. The van der Waals surface area contributed by atoms with Crippen LogP contribution in [0.4, 0.5) is 11.5 Å². The molecule has 0 aliphatic carbocycles. The lowest BCUT2D eigenvalue weighted by Crippen LogP contribution is -2.15. The first-order valence-electron chi connectivity index (χ1n) is 9.77. The van der Waals surface area contributed by atoms with Crippen molar-refractivity contribution in [3.05, 3.63) is 99.6 Å². The highest BCUT2D eigenvalue weighted by Crippen LogP contribution is 2.29. The van der Waals surface area contributed by atoms with Gasteiger partial charge in [-0.25, -0.2) is 4.68 Å². The number of amides is 1. The third-order valence-electron chi connectivity index (χ3n) is 4.69. The predicted molar refractivity (Wildman–Crippen MR) is 117 cm³/mol. The molecule has 0 fully saturated rings. The van der Waals surface area contributed by atoms with Crippen molar-refractivity contribution in [3.63, 3.8) is 0 Å². The second-order valence-electron chi connectivity index (χ2n) is 7.00. The molecule has 0 bridgehead atoms. The molecule has 33 heavy (non-hydrogen) atoms. The summed E-state index contributed by atoms with van der Waals surface area (Å²) in [5.41, 5.74) is 1.44. The number of rotatable bonds is 7. The minimum Gasteiger partial charge on any atom is -0.479 e. The van der Waals surface area contributed by atoms with Crippen molar-refractivity contribution < 1.29 is 18.9 Å². The van der Waals surface area contributed by atoms with Crippen LogP contribution in [0, 0.1) is 28.4 Å². The number of nitrogens with zero attached hydrogens (tertiary/aromatic N) is 4. The van der Waals surface area contributed by atoms with Gasteiger partial charge in [-0.15, -0.1) is 0 Å². The molecule has 0 radical (unpaired) electrons. The van der Waals surface area contributed by atoms with E-state index in [2.05, 4.69) is 10.4 Å². The molecule has 4 rings (SSSR count). The van der Waals surface area contributed by atoms with Crippen LogP contribution < -0.4 is 10.1 Å². The fourth-order valence-electron chi connectivity index (χ4n) is 3.10. The van der Waals surface area contributed by atoms with Crippen molar-refractivity contribution >= 4 is 17.4 Å². The van der Waals surface area contributed by atoms with Gasteiger partial charge in [-0.05, 0) is 42.8 Å². The van der Waals surface area contributed by atoms with E-state index in [9.17, 15) is 20.2 Å². The van der Waals surface area contributed by atoms with Gasteiger partial charge in [0.15, 0.2) is 17.3 Å². The Kier molecular flexibility index (Phi) is 5.86. The van der Waals surface area contributed by atoms with Gasteiger partial charge >= 0.3 is 5.69 Å². The molecule has 2 aromatic heterocycles. The smallest absolute Gasteiger partial charge is 0.311 e. The average molecular weight is 443 g/mol. The third-order valence-corrected chi connectivity index (χ3v) is 4.69. The number of furan rings is 1. The molecule has 1 N–H and O–H groups in total. The van der Waals surface area contributed by atoms with E-state index in [-0.39, 0.29) is 35.2 Å². The van der Waals surface area contributed by atoms with Crippen LogP contribution in [0.5, 0.6) is 5.75 Å². The maximum atomic E-state index is 12.7. The van der Waals surface area contributed by atoms with Crippen molar-refractivity contribution in [3.8, 4) is 17.5 Å². The van der Waals surface area contributed by atoms with Gasteiger partial charge in [0.25, 0.3) is 5.91 Å². The topological polar surface area (TPSA) is 136 Å². The zero-order chi connectivity index (χ0) is 23.4. The molecule has 4 aromatic rings. The van der Waals surface area contributed by atoms with E-state index in [4.69, 9.17) is 9.15 Å². The highest BCUT2D eigenvalue weighted by Gasteiger charge is 2.20. The van der Waals surface area contributed by atoms with Crippen molar-refractivity contribution in [2.75, 3.05) is 5.32 Å². The lowest BCUT2D eigenvalue weighted by molar-refractivity contribution is -0.386. The summed E-state index contributed by atoms with van der Waals surface area (Å²) in [4.78, 5) is 23.5. The molecule has 0 saturated carbocycles. The molecule has 0 unspecified atom stereocenters. The fourth-order valence-corrected chi connectivity index (χ4v) is 3.10. The summed E-state index contributed by atoms with van der Waals surface area (Å²) in [6.45, 7) is 1.64. The molecular weight excluding hydrogens is 426 g/mol. The van der Waals surface area contributed by atoms with Crippen molar-refractivity contribution in [2.24, 2.45) is 0 Å². The van der Waals surface area contributed by atoms with E-state index >= 15 is 0 Å². The Labute approximate surface area is 187 Å². The van der Waals surface area contributed by atoms with Gasteiger partial charge in [0.2, 0.25) is 0 Å². The molecular formula is C23H17N5O5. The Balaban J connectivity index is 1.49.